The SMILES string of the molecule is Cc1csc([C@H](C)CNC(=O)c2cscn2)n1. The molecule has 0 saturated carbocycles. The Kier molecular flexibility index (Phi) is 3.86. The number of aryl methyl sites for hydroxylation is 1. The minimum absolute atomic E-state index is 0.119. The quantitative estimate of drug-likeness (QED) is 0.925. The van der Waals surface area contributed by atoms with Gasteiger partial charge in [0.2, 0.25) is 0 Å². The summed E-state index contributed by atoms with van der Waals surface area (Å²) in [6, 6.07) is 0. The van der Waals surface area contributed by atoms with Crippen LogP contribution < -0.4 is 5.32 Å². The van der Waals surface area contributed by atoms with Gasteiger partial charge >= 0.3 is 0 Å². The first-order valence-corrected chi connectivity index (χ1v) is 7.07. The van der Waals surface area contributed by atoms with Gasteiger partial charge in [0.1, 0.15) is 5.69 Å². The van der Waals surface area contributed by atoms with E-state index in [9.17, 15) is 4.79 Å². The summed E-state index contributed by atoms with van der Waals surface area (Å²) in [4.78, 5) is 20.0. The van der Waals surface area contributed by atoms with Gasteiger partial charge in [-0.05, 0) is 6.92 Å². The second-order valence-electron chi connectivity index (χ2n) is 3.81. The van der Waals surface area contributed by atoms with Crippen molar-refractivity contribution in [3.8, 4) is 0 Å². The Hall–Kier alpha value is -1.27. The van der Waals surface area contributed by atoms with E-state index in [1.165, 1.54) is 11.3 Å². The number of nitrogens with one attached hydrogen (secondary N) is 1. The third-order valence-electron chi connectivity index (χ3n) is 2.29. The molecule has 0 unspecified atom stereocenters. The van der Waals surface area contributed by atoms with E-state index in [-0.39, 0.29) is 11.8 Å². The number of rotatable bonds is 4. The van der Waals surface area contributed by atoms with Crippen molar-refractivity contribution in [1.29, 1.82) is 0 Å². The molecular formula is C11H13N3OS2. The number of carbonyl (C=O) groups is 1. The lowest BCUT2D eigenvalue weighted by atomic mass is 10.2. The largest absolute Gasteiger partial charge is 0.350 e. The predicted octanol–water partition coefficient (Wildman–Crippen LogP) is 2.44. The molecule has 0 saturated heterocycles. The number of hydrogen-bond acceptors (Lipinski definition) is 5. The van der Waals surface area contributed by atoms with E-state index < -0.39 is 0 Å². The summed E-state index contributed by atoms with van der Waals surface area (Å²) in [5.74, 6) is 0.114. The molecule has 1 atom stereocenters. The molecule has 2 aromatic rings. The molecule has 6 heteroatoms. The first kappa shape index (κ1) is 12.2. The highest BCUT2D eigenvalue weighted by Gasteiger charge is 2.12. The average Bonchev–Trinajstić information content (AvgIpc) is 2.95. The summed E-state index contributed by atoms with van der Waals surface area (Å²) >= 11 is 3.05. The van der Waals surface area contributed by atoms with Crippen LogP contribution in [0.5, 0.6) is 0 Å². The molecule has 90 valence electrons. The first-order valence-electron chi connectivity index (χ1n) is 5.25. The number of nitrogens with zero attached hydrogens (tertiary/aromatic N) is 2. The summed E-state index contributed by atoms with van der Waals surface area (Å²) in [6.45, 7) is 4.61. The normalized spacial score (nSPS) is 12.4. The highest BCUT2D eigenvalue weighted by molar-refractivity contribution is 7.09. The van der Waals surface area contributed by atoms with Crippen LogP contribution in [-0.4, -0.2) is 22.4 Å². The van der Waals surface area contributed by atoms with Gasteiger partial charge in [-0.15, -0.1) is 22.7 Å². The van der Waals surface area contributed by atoms with Crippen LogP contribution in [0.1, 0.15) is 34.0 Å². The Morgan fingerprint density at radius 2 is 2.35 bits per heavy atom. The Bertz CT molecular complexity index is 493. The van der Waals surface area contributed by atoms with Gasteiger partial charge < -0.3 is 5.32 Å². The summed E-state index contributed by atoms with van der Waals surface area (Å²) < 4.78 is 0. The van der Waals surface area contributed by atoms with Gasteiger partial charge in [-0.2, -0.15) is 0 Å². The second-order valence-corrected chi connectivity index (χ2v) is 5.42. The molecule has 2 heterocycles. The molecule has 0 bridgehead atoms. The molecule has 17 heavy (non-hydrogen) atoms. The van der Waals surface area contributed by atoms with Crippen molar-refractivity contribution in [2.45, 2.75) is 19.8 Å². The van der Waals surface area contributed by atoms with Crippen molar-refractivity contribution >= 4 is 28.6 Å². The first-order chi connectivity index (χ1) is 8.16. The van der Waals surface area contributed by atoms with Gasteiger partial charge in [0.25, 0.3) is 5.91 Å². The van der Waals surface area contributed by atoms with E-state index in [1.807, 2.05) is 12.3 Å². The van der Waals surface area contributed by atoms with Gasteiger partial charge in [0.05, 0.1) is 10.5 Å². The number of carbonyl (C=O) groups excluding carboxylic acids is 1. The van der Waals surface area contributed by atoms with Crippen molar-refractivity contribution < 1.29 is 4.79 Å². The van der Waals surface area contributed by atoms with Crippen LogP contribution in [-0.2, 0) is 0 Å². The lowest BCUT2D eigenvalue weighted by Crippen LogP contribution is -2.27. The van der Waals surface area contributed by atoms with Crippen LogP contribution in [0.4, 0.5) is 0 Å². The molecular weight excluding hydrogens is 254 g/mol. The maximum absolute atomic E-state index is 11.7. The van der Waals surface area contributed by atoms with E-state index in [1.54, 1.807) is 22.2 Å². The van der Waals surface area contributed by atoms with E-state index in [2.05, 4.69) is 22.2 Å². The highest BCUT2D eigenvalue weighted by atomic mass is 32.1. The zero-order valence-corrected chi connectivity index (χ0v) is 11.3. The molecule has 2 rings (SSSR count). The fourth-order valence-corrected chi connectivity index (χ4v) is 2.74. The zero-order chi connectivity index (χ0) is 12.3. The second kappa shape index (κ2) is 5.37. The number of amides is 1. The molecule has 2 aromatic heterocycles. The van der Waals surface area contributed by atoms with Crippen molar-refractivity contribution in [2.75, 3.05) is 6.54 Å². The van der Waals surface area contributed by atoms with Crippen molar-refractivity contribution in [1.82, 2.24) is 15.3 Å². The number of hydrogen-bond donors (Lipinski definition) is 1. The maximum atomic E-state index is 11.7. The Labute approximate surface area is 108 Å². The van der Waals surface area contributed by atoms with Gasteiger partial charge in [0.15, 0.2) is 0 Å². The van der Waals surface area contributed by atoms with Crippen LogP contribution >= 0.6 is 22.7 Å². The van der Waals surface area contributed by atoms with Gasteiger partial charge in [0, 0.05) is 28.9 Å². The van der Waals surface area contributed by atoms with Gasteiger partial charge in [-0.1, -0.05) is 6.92 Å². The minimum atomic E-state index is -0.119. The van der Waals surface area contributed by atoms with Crippen LogP contribution in [0.3, 0.4) is 0 Å². The van der Waals surface area contributed by atoms with Crippen molar-refractivity contribution in [2.24, 2.45) is 0 Å². The lowest BCUT2D eigenvalue weighted by molar-refractivity contribution is 0.0947. The van der Waals surface area contributed by atoms with Crippen LogP contribution in [0.15, 0.2) is 16.3 Å². The third-order valence-corrected chi connectivity index (χ3v) is 4.07. The highest BCUT2D eigenvalue weighted by Crippen LogP contribution is 2.18. The van der Waals surface area contributed by atoms with Gasteiger partial charge in [-0.25, -0.2) is 9.97 Å². The standard InChI is InChI=1S/C11H13N3OS2/c1-7(11-14-8(2)4-17-11)3-12-10(15)9-5-16-6-13-9/h4-7H,3H2,1-2H3,(H,12,15)/t7-/m1/s1. The Morgan fingerprint density at radius 1 is 1.53 bits per heavy atom. The van der Waals surface area contributed by atoms with Crippen molar-refractivity contribution in [3.05, 3.63) is 32.7 Å². The maximum Gasteiger partial charge on any atom is 0.270 e. The summed E-state index contributed by atoms with van der Waals surface area (Å²) in [5, 5.41) is 7.69. The van der Waals surface area contributed by atoms with E-state index in [0.717, 1.165) is 10.7 Å². The monoisotopic (exact) mass is 267 g/mol. The molecule has 0 aromatic carbocycles. The molecule has 0 radical (unpaired) electrons. The molecule has 1 amide bonds. The molecule has 1 N–H and O–H groups in total. The fourth-order valence-electron chi connectivity index (χ4n) is 1.35. The Balaban J connectivity index is 1.88. The summed E-state index contributed by atoms with van der Waals surface area (Å²) in [5.41, 5.74) is 3.17. The van der Waals surface area contributed by atoms with Crippen molar-refractivity contribution in [3.63, 3.8) is 0 Å². The average molecular weight is 267 g/mol. The van der Waals surface area contributed by atoms with E-state index in [0.29, 0.717) is 12.2 Å². The smallest absolute Gasteiger partial charge is 0.270 e. The molecule has 0 aliphatic rings. The summed E-state index contributed by atoms with van der Waals surface area (Å²) in [7, 11) is 0. The van der Waals surface area contributed by atoms with E-state index in [4.69, 9.17) is 0 Å². The molecule has 4 nitrogen and oxygen atoms in total. The molecule has 0 aliphatic heterocycles. The minimum Gasteiger partial charge on any atom is -0.350 e. The fraction of sp³-hybridized carbons (Fsp3) is 0.364. The summed E-state index contributed by atoms with van der Waals surface area (Å²) in [6.07, 6.45) is 0. The lowest BCUT2D eigenvalue weighted by Gasteiger charge is -2.08. The van der Waals surface area contributed by atoms with E-state index >= 15 is 0 Å². The van der Waals surface area contributed by atoms with Crippen LogP contribution in [0, 0.1) is 6.92 Å². The van der Waals surface area contributed by atoms with Gasteiger partial charge in [-0.3, -0.25) is 4.79 Å². The molecule has 0 fully saturated rings. The molecule has 0 spiro atoms. The third kappa shape index (κ3) is 3.10. The van der Waals surface area contributed by atoms with Crippen LogP contribution in [0.2, 0.25) is 0 Å². The Morgan fingerprint density at radius 3 is 2.94 bits per heavy atom. The number of aromatic nitrogens is 2. The predicted molar refractivity (Wildman–Crippen MR) is 69.7 cm³/mol. The topological polar surface area (TPSA) is 54.9 Å². The van der Waals surface area contributed by atoms with Crippen LogP contribution in [0.25, 0.3) is 0 Å². The number of thiazole rings is 2. The zero-order valence-electron chi connectivity index (χ0n) is 9.64. The molecule has 0 aliphatic carbocycles.